The number of benzene rings is 1. The van der Waals surface area contributed by atoms with Gasteiger partial charge in [-0.15, -0.1) is 0 Å². The van der Waals surface area contributed by atoms with E-state index in [0.717, 1.165) is 0 Å². The Balaban J connectivity index is 2.29. The predicted molar refractivity (Wildman–Crippen MR) is 97.1 cm³/mol. The van der Waals surface area contributed by atoms with Gasteiger partial charge in [0.25, 0.3) is 5.69 Å². The highest BCUT2D eigenvalue weighted by Gasteiger charge is 2.34. The molecule has 0 radical (unpaired) electrons. The summed E-state index contributed by atoms with van der Waals surface area (Å²) in [5, 5.41) is 13.5. The van der Waals surface area contributed by atoms with Crippen molar-refractivity contribution in [2.75, 3.05) is 19.8 Å². The smallest absolute Gasteiger partial charge is 0.306 e. The van der Waals surface area contributed by atoms with Crippen LogP contribution in [0.2, 0.25) is 0 Å². The zero-order valence-corrected chi connectivity index (χ0v) is 15.5. The van der Waals surface area contributed by atoms with Crippen molar-refractivity contribution < 1.29 is 28.8 Å². The summed E-state index contributed by atoms with van der Waals surface area (Å²) >= 11 is 0. The molecule has 1 aromatic rings. The molecular weight excluding hydrogens is 370 g/mol. The van der Waals surface area contributed by atoms with Crippen LogP contribution in [-0.4, -0.2) is 48.6 Å². The van der Waals surface area contributed by atoms with Crippen molar-refractivity contribution in [1.82, 2.24) is 5.32 Å². The molecule has 2 amide bonds. The van der Waals surface area contributed by atoms with Gasteiger partial charge in [-0.3, -0.25) is 24.5 Å². The van der Waals surface area contributed by atoms with E-state index < -0.39 is 40.6 Å². The molecule has 0 bridgehead atoms. The van der Waals surface area contributed by atoms with E-state index in [-0.39, 0.29) is 25.3 Å². The Hall–Kier alpha value is -3.01. The minimum atomic E-state index is -1.18. The molecule has 0 aromatic heterocycles. The first-order valence-corrected chi connectivity index (χ1v) is 8.90. The maximum absolute atomic E-state index is 12.4. The number of nitrogens with one attached hydrogen (secondary N) is 1. The molecule has 10 heteroatoms. The second-order valence-corrected chi connectivity index (χ2v) is 6.41. The molecule has 1 aromatic carbocycles. The van der Waals surface area contributed by atoms with Gasteiger partial charge in [0.05, 0.1) is 30.5 Å². The monoisotopic (exact) mass is 393 g/mol. The van der Waals surface area contributed by atoms with Crippen LogP contribution in [0.4, 0.5) is 5.69 Å². The van der Waals surface area contributed by atoms with E-state index in [0.29, 0.717) is 18.6 Å². The fourth-order valence-corrected chi connectivity index (χ4v) is 3.05. The number of nitro groups is 1. The van der Waals surface area contributed by atoms with Crippen LogP contribution in [0.3, 0.4) is 0 Å². The second kappa shape index (κ2) is 9.79. The lowest BCUT2D eigenvalue weighted by Gasteiger charge is -2.26. The van der Waals surface area contributed by atoms with Crippen molar-refractivity contribution in [3.8, 4) is 0 Å². The van der Waals surface area contributed by atoms with Crippen LogP contribution in [-0.2, 0) is 23.9 Å². The molecule has 0 saturated carbocycles. The molecule has 1 fully saturated rings. The van der Waals surface area contributed by atoms with Crippen LogP contribution in [0, 0.1) is 16.0 Å². The minimum Gasteiger partial charge on any atom is -0.466 e. The summed E-state index contributed by atoms with van der Waals surface area (Å²) in [6.07, 6.45) is 0.304. The highest BCUT2D eigenvalue weighted by atomic mass is 16.6. The van der Waals surface area contributed by atoms with Crippen molar-refractivity contribution in [3.05, 3.63) is 39.9 Å². The van der Waals surface area contributed by atoms with Crippen LogP contribution < -0.4 is 11.1 Å². The summed E-state index contributed by atoms with van der Waals surface area (Å²) in [4.78, 5) is 46.9. The lowest BCUT2D eigenvalue weighted by molar-refractivity contribution is -0.384. The fourth-order valence-electron chi connectivity index (χ4n) is 3.05. The predicted octanol–water partition coefficient (Wildman–Crippen LogP) is 0.638. The van der Waals surface area contributed by atoms with Gasteiger partial charge >= 0.3 is 5.97 Å². The molecule has 0 aliphatic carbocycles. The summed E-state index contributed by atoms with van der Waals surface area (Å²) in [5.74, 6) is -3.02. The SMILES string of the molecule is CCOC(=O)C[C@H](c1ccc([N+](=O)[O-])cc1)[C@H](NC(=O)[C@@H]1CCOC1)C(N)=O. The summed E-state index contributed by atoms with van der Waals surface area (Å²) in [6.45, 7) is 2.50. The first-order valence-electron chi connectivity index (χ1n) is 8.90. The van der Waals surface area contributed by atoms with Crippen LogP contribution in [0.25, 0.3) is 0 Å². The summed E-state index contributed by atoms with van der Waals surface area (Å²) in [7, 11) is 0. The number of primary amides is 1. The quantitative estimate of drug-likeness (QED) is 0.355. The Bertz CT molecular complexity index is 729. The second-order valence-electron chi connectivity index (χ2n) is 6.41. The van der Waals surface area contributed by atoms with Gasteiger partial charge in [-0.2, -0.15) is 0 Å². The van der Waals surface area contributed by atoms with Gasteiger partial charge in [0.15, 0.2) is 0 Å². The van der Waals surface area contributed by atoms with Gasteiger partial charge in [0.1, 0.15) is 6.04 Å². The van der Waals surface area contributed by atoms with Crippen molar-refractivity contribution in [1.29, 1.82) is 0 Å². The number of hydrogen-bond acceptors (Lipinski definition) is 7. The number of nitrogens with two attached hydrogens (primary N) is 1. The number of nitro benzene ring substituents is 1. The molecule has 3 atom stereocenters. The average Bonchev–Trinajstić information content (AvgIpc) is 3.19. The molecule has 0 spiro atoms. The van der Waals surface area contributed by atoms with Crippen molar-refractivity contribution in [3.63, 3.8) is 0 Å². The molecule has 3 N–H and O–H groups in total. The Morgan fingerprint density at radius 3 is 2.54 bits per heavy atom. The van der Waals surface area contributed by atoms with Crippen LogP contribution in [0.1, 0.15) is 31.2 Å². The topological polar surface area (TPSA) is 151 Å². The number of rotatable bonds is 9. The molecule has 2 rings (SSSR count). The molecule has 1 aliphatic heterocycles. The van der Waals surface area contributed by atoms with E-state index in [9.17, 15) is 24.5 Å². The molecule has 1 aliphatic rings. The molecular formula is C18H23N3O7. The van der Waals surface area contributed by atoms with Crippen molar-refractivity contribution in [2.45, 2.75) is 31.7 Å². The van der Waals surface area contributed by atoms with E-state index in [4.69, 9.17) is 15.2 Å². The zero-order valence-electron chi connectivity index (χ0n) is 15.5. The first-order chi connectivity index (χ1) is 13.3. The molecule has 0 unspecified atom stereocenters. The summed E-state index contributed by atoms with van der Waals surface area (Å²) in [6, 6.07) is 4.21. The zero-order chi connectivity index (χ0) is 20.7. The number of carbonyl (C=O) groups excluding carboxylic acids is 3. The highest BCUT2D eigenvalue weighted by molar-refractivity contribution is 5.89. The average molecular weight is 393 g/mol. The Labute approximate surface area is 161 Å². The largest absolute Gasteiger partial charge is 0.466 e. The lowest BCUT2D eigenvalue weighted by Crippen LogP contribution is -2.50. The van der Waals surface area contributed by atoms with Gasteiger partial charge in [-0.05, 0) is 18.9 Å². The van der Waals surface area contributed by atoms with Gasteiger partial charge in [0.2, 0.25) is 11.8 Å². The fraction of sp³-hybridized carbons (Fsp3) is 0.500. The summed E-state index contributed by atoms with van der Waals surface area (Å²) in [5.41, 5.74) is 5.82. The van der Waals surface area contributed by atoms with Crippen molar-refractivity contribution in [2.24, 2.45) is 11.7 Å². The lowest BCUT2D eigenvalue weighted by atomic mass is 9.87. The van der Waals surface area contributed by atoms with Crippen LogP contribution in [0.15, 0.2) is 24.3 Å². The van der Waals surface area contributed by atoms with Gasteiger partial charge < -0.3 is 20.5 Å². The van der Waals surface area contributed by atoms with Gasteiger partial charge in [0, 0.05) is 24.7 Å². The van der Waals surface area contributed by atoms with E-state index in [1.165, 1.54) is 24.3 Å². The molecule has 1 heterocycles. The normalized spacial score (nSPS) is 18.1. The Morgan fingerprint density at radius 2 is 2.04 bits per heavy atom. The third-order valence-electron chi connectivity index (χ3n) is 4.53. The molecule has 1 saturated heterocycles. The summed E-state index contributed by atoms with van der Waals surface area (Å²) < 4.78 is 10.1. The van der Waals surface area contributed by atoms with Crippen LogP contribution >= 0.6 is 0 Å². The molecule has 28 heavy (non-hydrogen) atoms. The Morgan fingerprint density at radius 1 is 1.36 bits per heavy atom. The number of esters is 1. The number of ether oxygens (including phenoxy) is 2. The number of nitrogens with zero attached hydrogens (tertiary/aromatic N) is 1. The first kappa shape index (κ1) is 21.3. The number of hydrogen-bond donors (Lipinski definition) is 2. The van der Waals surface area contributed by atoms with Crippen molar-refractivity contribution >= 4 is 23.5 Å². The molecule has 10 nitrogen and oxygen atoms in total. The van der Waals surface area contributed by atoms with Gasteiger partial charge in [-0.1, -0.05) is 12.1 Å². The van der Waals surface area contributed by atoms with Crippen LogP contribution in [0.5, 0.6) is 0 Å². The third-order valence-corrected chi connectivity index (χ3v) is 4.53. The maximum Gasteiger partial charge on any atom is 0.306 e. The highest BCUT2D eigenvalue weighted by Crippen LogP contribution is 2.27. The third kappa shape index (κ3) is 5.49. The van der Waals surface area contributed by atoms with Gasteiger partial charge in [-0.25, -0.2) is 0 Å². The number of non-ortho nitro benzene ring substituents is 1. The maximum atomic E-state index is 12.4. The number of amides is 2. The van der Waals surface area contributed by atoms with E-state index >= 15 is 0 Å². The van der Waals surface area contributed by atoms with E-state index in [2.05, 4.69) is 5.32 Å². The Kier molecular flexibility index (Phi) is 7.44. The minimum absolute atomic E-state index is 0.138. The number of carbonyl (C=O) groups is 3. The van der Waals surface area contributed by atoms with E-state index in [1.807, 2.05) is 0 Å². The van der Waals surface area contributed by atoms with E-state index in [1.54, 1.807) is 6.92 Å². The standard InChI is InChI=1S/C18H23N3O7/c1-2-28-15(22)9-14(11-3-5-13(6-4-11)21(25)26)16(17(19)23)20-18(24)12-7-8-27-10-12/h3-6,12,14,16H,2,7-10H2,1H3,(H2,19,23)(H,20,24)/t12-,14-,16+/m1/s1. The molecule has 152 valence electrons.